The standard InChI is InChI=1S/C13H19NO3S/c1-5-10-6-11(8-14-7-10)18(16,17)9-12(15)13(2,3)4/h6-8H,5,9H2,1-4H3. The minimum atomic E-state index is -3.59. The lowest BCUT2D eigenvalue weighted by molar-refractivity contribution is -0.123. The predicted octanol–water partition coefficient (Wildman–Crippen LogP) is 2.03. The van der Waals surface area contributed by atoms with Gasteiger partial charge in [-0.05, 0) is 18.1 Å². The quantitative estimate of drug-likeness (QED) is 0.839. The lowest BCUT2D eigenvalue weighted by atomic mass is 9.92. The fourth-order valence-corrected chi connectivity index (χ4v) is 2.80. The average molecular weight is 269 g/mol. The Hall–Kier alpha value is -1.23. The number of carbonyl (C=O) groups excluding carboxylic acids is 1. The van der Waals surface area contributed by atoms with Crippen molar-refractivity contribution in [1.29, 1.82) is 0 Å². The topological polar surface area (TPSA) is 64.1 Å². The first kappa shape index (κ1) is 14.8. The van der Waals surface area contributed by atoms with E-state index in [-0.39, 0.29) is 10.7 Å². The molecule has 0 N–H and O–H groups in total. The number of hydrogen-bond donors (Lipinski definition) is 0. The molecule has 18 heavy (non-hydrogen) atoms. The molecule has 4 nitrogen and oxygen atoms in total. The summed E-state index contributed by atoms with van der Waals surface area (Å²) in [5.41, 5.74) is 0.197. The lowest BCUT2D eigenvalue weighted by Gasteiger charge is -2.16. The number of Topliss-reactive ketones (excluding diaryl/α,β-unsaturated/α-hetero) is 1. The van der Waals surface area contributed by atoms with Gasteiger partial charge in [-0.3, -0.25) is 9.78 Å². The third kappa shape index (κ3) is 3.63. The van der Waals surface area contributed by atoms with E-state index >= 15 is 0 Å². The second-order valence-corrected chi connectivity index (χ2v) is 7.30. The molecule has 0 bridgehead atoms. The van der Waals surface area contributed by atoms with E-state index in [2.05, 4.69) is 4.98 Å². The van der Waals surface area contributed by atoms with Crippen molar-refractivity contribution >= 4 is 15.6 Å². The first-order valence-electron chi connectivity index (χ1n) is 5.87. The van der Waals surface area contributed by atoms with Gasteiger partial charge in [0.05, 0.1) is 4.90 Å². The van der Waals surface area contributed by atoms with Crippen LogP contribution in [0.5, 0.6) is 0 Å². The zero-order valence-electron chi connectivity index (χ0n) is 11.2. The number of sulfone groups is 1. The Balaban J connectivity index is 3.04. The van der Waals surface area contributed by atoms with E-state index in [4.69, 9.17) is 0 Å². The zero-order chi connectivity index (χ0) is 14.0. The van der Waals surface area contributed by atoms with Crippen molar-refractivity contribution in [2.75, 3.05) is 5.75 Å². The maximum Gasteiger partial charge on any atom is 0.187 e. The van der Waals surface area contributed by atoms with Gasteiger partial charge in [-0.1, -0.05) is 27.7 Å². The summed E-state index contributed by atoms with van der Waals surface area (Å²) in [5, 5.41) is 0. The largest absolute Gasteiger partial charge is 0.298 e. The number of aromatic nitrogens is 1. The first-order valence-corrected chi connectivity index (χ1v) is 7.52. The van der Waals surface area contributed by atoms with Crippen LogP contribution in [-0.2, 0) is 21.1 Å². The molecule has 0 amide bonds. The summed E-state index contributed by atoms with van der Waals surface area (Å²) in [7, 11) is -3.59. The minimum absolute atomic E-state index is 0.124. The number of aryl methyl sites for hydroxylation is 1. The van der Waals surface area contributed by atoms with Gasteiger partial charge in [-0.25, -0.2) is 8.42 Å². The Kier molecular flexibility index (Phi) is 4.27. The van der Waals surface area contributed by atoms with Crippen LogP contribution in [0.4, 0.5) is 0 Å². The summed E-state index contributed by atoms with van der Waals surface area (Å²) in [6, 6.07) is 1.58. The molecule has 0 aliphatic heterocycles. The van der Waals surface area contributed by atoms with Crippen molar-refractivity contribution in [3.05, 3.63) is 24.0 Å². The van der Waals surface area contributed by atoms with Crippen LogP contribution in [0.1, 0.15) is 33.3 Å². The van der Waals surface area contributed by atoms with Crippen LogP contribution in [0.3, 0.4) is 0 Å². The molecular weight excluding hydrogens is 250 g/mol. The van der Waals surface area contributed by atoms with E-state index < -0.39 is 21.0 Å². The van der Waals surface area contributed by atoms with Crippen molar-refractivity contribution in [3.63, 3.8) is 0 Å². The van der Waals surface area contributed by atoms with Crippen molar-refractivity contribution in [2.45, 2.75) is 39.0 Å². The molecule has 0 spiro atoms. The molecule has 0 aliphatic rings. The third-order valence-corrected chi connectivity index (χ3v) is 4.28. The van der Waals surface area contributed by atoms with Gasteiger partial charge in [0.25, 0.3) is 0 Å². The molecule has 0 atom stereocenters. The van der Waals surface area contributed by atoms with Crippen LogP contribution in [0.25, 0.3) is 0 Å². The summed E-state index contributed by atoms with van der Waals surface area (Å²) in [6.07, 6.45) is 3.64. The fourth-order valence-electron chi connectivity index (χ4n) is 1.30. The van der Waals surface area contributed by atoms with Crippen molar-refractivity contribution in [1.82, 2.24) is 4.98 Å². The highest BCUT2D eigenvalue weighted by Gasteiger charge is 2.28. The Morgan fingerprint density at radius 1 is 1.28 bits per heavy atom. The summed E-state index contributed by atoms with van der Waals surface area (Å²) < 4.78 is 24.2. The van der Waals surface area contributed by atoms with Crippen molar-refractivity contribution < 1.29 is 13.2 Å². The first-order chi connectivity index (χ1) is 8.16. The number of carbonyl (C=O) groups is 1. The molecule has 0 radical (unpaired) electrons. The molecule has 1 heterocycles. The van der Waals surface area contributed by atoms with E-state index in [1.165, 1.54) is 6.20 Å². The zero-order valence-corrected chi connectivity index (χ0v) is 12.0. The highest BCUT2D eigenvalue weighted by Crippen LogP contribution is 2.19. The normalized spacial score (nSPS) is 12.4. The molecule has 1 aromatic rings. The minimum Gasteiger partial charge on any atom is -0.298 e. The maximum atomic E-state index is 12.1. The molecular formula is C13H19NO3S. The predicted molar refractivity (Wildman–Crippen MR) is 70.1 cm³/mol. The van der Waals surface area contributed by atoms with Gasteiger partial charge in [0, 0.05) is 17.8 Å². The number of nitrogens with zero attached hydrogens (tertiary/aromatic N) is 1. The van der Waals surface area contributed by atoms with E-state index in [1.54, 1.807) is 33.0 Å². The molecule has 0 fully saturated rings. The van der Waals surface area contributed by atoms with Crippen LogP contribution in [-0.4, -0.2) is 24.9 Å². The molecule has 1 rings (SSSR count). The number of rotatable bonds is 4. The van der Waals surface area contributed by atoms with Crippen LogP contribution < -0.4 is 0 Å². The smallest absolute Gasteiger partial charge is 0.187 e. The van der Waals surface area contributed by atoms with E-state index in [9.17, 15) is 13.2 Å². The number of hydrogen-bond acceptors (Lipinski definition) is 4. The second-order valence-electron chi connectivity index (χ2n) is 5.31. The average Bonchev–Trinajstić information content (AvgIpc) is 2.27. The van der Waals surface area contributed by atoms with Crippen LogP contribution in [0, 0.1) is 5.41 Å². The van der Waals surface area contributed by atoms with Crippen LogP contribution >= 0.6 is 0 Å². The van der Waals surface area contributed by atoms with Gasteiger partial charge in [-0.15, -0.1) is 0 Å². The van der Waals surface area contributed by atoms with E-state index in [0.29, 0.717) is 6.42 Å². The Bertz CT molecular complexity index is 542. The summed E-state index contributed by atoms with van der Waals surface area (Å²) in [5.74, 6) is -0.755. The van der Waals surface area contributed by atoms with Crippen LogP contribution in [0.2, 0.25) is 0 Å². The molecule has 5 heteroatoms. The molecule has 0 saturated carbocycles. The van der Waals surface area contributed by atoms with Gasteiger partial charge in [-0.2, -0.15) is 0 Å². The molecule has 1 aromatic heterocycles. The maximum absolute atomic E-state index is 12.1. The summed E-state index contributed by atoms with van der Waals surface area (Å²) in [6.45, 7) is 7.07. The molecule has 100 valence electrons. The number of ketones is 1. The van der Waals surface area contributed by atoms with Crippen molar-refractivity contribution in [2.24, 2.45) is 5.41 Å². The van der Waals surface area contributed by atoms with Crippen molar-refractivity contribution in [3.8, 4) is 0 Å². The Morgan fingerprint density at radius 2 is 1.89 bits per heavy atom. The van der Waals surface area contributed by atoms with E-state index in [1.807, 2.05) is 6.92 Å². The van der Waals surface area contributed by atoms with Gasteiger partial charge in [0.2, 0.25) is 0 Å². The SMILES string of the molecule is CCc1cncc(S(=O)(=O)CC(=O)C(C)(C)C)c1. The third-order valence-electron chi connectivity index (χ3n) is 2.69. The summed E-state index contributed by atoms with van der Waals surface area (Å²) >= 11 is 0. The van der Waals surface area contributed by atoms with Crippen LogP contribution in [0.15, 0.2) is 23.4 Å². The van der Waals surface area contributed by atoms with Gasteiger partial charge < -0.3 is 0 Å². The molecule has 0 aliphatic carbocycles. The van der Waals surface area contributed by atoms with Gasteiger partial charge in [0.15, 0.2) is 15.6 Å². The molecule has 0 aromatic carbocycles. The second kappa shape index (κ2) is 5.18. The Morgan fingerprint density at radius 3 is 2.39 bits per heavy atom. The monoisotopic (exact) mass is 269 g/mol. The van der Waals surface area contributed by atoms with Gasteiger partial charge in [0.1, 0.15) is 5.75 Å². The van der Waals surface area contributed by atoms with Gasteiger partial charge >= 0.3 is 0 Å². The Labute approximate surface area is 108 Å². The highest BCUT2D eigenvalue weighted by atomic mass is 32.2. The molecule has 0 unspecified atom stereocenters. The highest BCUT2D eigenvalue weighted by molar-refractivity contribution is 7.92. The molecule has 0 saturated heterocycles. The fraction of sp³-hybridized carbons (Fsp3) is 0.538. The summed E-state index contributed by atoms with van der Waals surface area (Å²) in [4.78, 5) is 15.8. The number of pyridine rings is 1. The van der Waals surface area contributed by atoms with E-state index in [0.717, 1.165) is 5.56 Å². The lowest BCUT2D eigenvalue weighted by Crippen LogP contribution is -2.28.